The zero-order valence-corrected chi connectivity index (χ0v) is 10.8. The SMILES string of the molecule is CC1CCC(O)(C2CCOC3(CCOC3)C2)C1. The van der Waals surface area contributed by atoms with E-state index in [0.717, 1.165) is 51.9 Å². The van der Waals surface area contributed by atoms with Crippen molar-refractivity contribution in [2.45, 2.75) is 56.7 Å². The summed E-state index contributed by atoms with van der Waals surface area (Å²) in [6.07, 6.45) is 6.16. The van der Waals surface area contributed by atoms with Crippen LogP contribution in [0.15, 0.2) is 0 Å². The third kappa shape index (κ3) is 2.13. The molecule has 4 unspecified atom stereocenters. The Morgan fingerprint density at radius 1 is 1.12 bits per heavy atom. The molecule has 0 bridgehead atoms. The molecule has 98 valence electrons. The van der Waals surface area contributed by atoms with E-state index >= 15 is 0 Å². The molecule has 0 aromatic carbocycles. The number of ether oxygens (including phenoxy) is 2. The minimum absolute atomic E-state index is 0.0650. The zero-order chi connectivity index (χ0) is 11.9. The van der Waals surface area contributed by atoms with Crippen LogP contribution in [-0.2, 0) is 9.47 Å². The standard InChI is InChI=1S/C14H24O3/c1-11-2-4-14(15,8-11)12-3-6-17-13(9-12)5-7-16-10-13/h11-12,15H,2-10H2,1H3. The lowest BCUT2D eigenvalue weighted by molar-refractivity contribution is -0.141. The van der Waals surface area contributed by atoms with Gasteiger partial charge in [0.25, 0.3) is 0 Å². The van der Waals surface area contributed by atoms with E-state index in [1.165, 1.54) is 6.42 Å². The summed E-state index contributed by atoms with van der Waals surface area (Å²) in [6.45, 7) is 4.60. The Balaban J connectivity index is 1.71. The zero-order valence-electron chi connectivity index (χ0n) is 10.8. The summed E-state index contributed by atoms with van der Waals surface area (Å²) >= 11 is 0. The molecule has 3 rings (SSSR count). The Labute approximate surface area is 103 Å². The summed E-state index contributed by atoms with van der Waals surface area (Å²) < 4.78 is 11.4. The summed E-state index contributed by atoms with van der Waals surface area (Å²) in [6, 6.07) is 0. The third-order valence-corrected chi connectivity index (χ3v) is 5.09. The van der Waals surface area contributed by atoms with Crippen molar-refractivity contribution >= 4 is 0 Å². The average molecular weight is 240 g/mol. The molecule has 3 fully saturated rings. The topological polar surface area (TPSA) is 38.7 Å². The molecule has 0 radical (unpaired) electrons. The predicted octanol–water partition coefficient (Wildman–Crippen LogP) is 2.12. The fourth-order valence-electron chi connectivity index (χ4n) is 4.02. The van der Waals surface area contributed by atoms with Crippen LogP contribution in [0.2, 0.25) is 0 Å². The Hall–Kier alpha value is -0.120. The lowest BCUT2D eigenvalue weighted by Gasteiger charge is -2.43. The molecular weight excluding hydrogens is 216 g/mol. The first-order valence-electron chi connectivity index (χ1n) is 7.06. The summed E-state index contributed by atoms with van der Waals surface area (Å²) in [5.41, 5.74) is -0.483. The van der Waals surface area contributed by atoms with Gasteiger partial charge in [-0.15, -0.1) is 0 Å². The lowest BCUT2D eigenvalue weighted by Crippen LogP contribution is -2.48. The minimum atomic E-state index is -0.418. The monoisotopic (exact) mass is 240 g/mol. The molecule has 1 spiro atoms. The van der Waals surface area contributed by atoms with E-state index in [4.69, 9.17) is 9.47 Å². The summed E-state index contributed by atoms with van der Waals surface area (Å²) in [4.78, 5) is 0. The van der Waals surface area contributed by atoms with Crippen molar-refractivity contribution in [3.05, 3.63) is 0 Å². The minimum Gasteiger partial charge on any atom is -0.390 e. The van der Waals surface area contributed by atoms with Crippen LogP contribution in [-0.4, -0.2) is 36.1 Å². The van der Waals surface area contributed by atoms with Crippen LogP contribution in [0.25, 0.3) is 0 Å². The van der Waals surface area contributed by atoms with Crippen LogP contribution in [0.3, 0.4) is 0 Å². The molecule has 2 saturated heterocycles. The largest absolute Gasteiger partial charge is 0.390 e. The van der Waals surface area contributed by atoms with Gasteiger partial charge < -0.3 is 14.6 Å². The van der Waals surface area contributed by atoms with Crippen LogP contribution >= 0.6 is 0 Å². The van der Waals surface area contributed by atoms with Gasteiger partial charge in [-0.2, -0.15) is 0 Å². The molecule has 1 saturated carbocycles. The molecule has 17 heavy (non-hydrogen) atoms. The molecule has 3 nitrogen and oxygen atoms in total. The van der Waals surface area contributed by atoms with Crippen molar-refractivity contribution in [3.8, 4) is 0 Å². The molecule has 2 heterocycles. The second kappa shape index (κ2) is 4.22. The van der Waals surface area contributed by atoms with Gasteiger partial charge in [-0.05, 0) is 43.9 Å². The van der Waals surface area contributed by atoms with Crippen LogP contribution in [0.1, 0.15) is 45.4 Å². The molecule has 1 N–H and O–H groups in total. The van der Waals surface area contributed by atoms with Gasteiger partial charge in [-0.1, -0.05) is 6.92 Å². The first-order chi connectivity index (χ1) is 8.12. The third-order valence-electron chi connectivity index (χ3n) is 5.09. The second-order valence-corrected chi connectivity index (χ2v) is 6.48. The van der Waals surface area contributed by atoms with Crippen LogP contribution in [0.5, 0.6) is 0 Å². The first kappa shape index (κ1) is 11.9. The molecule has 3 heteroatoms. The quantitative estimate of drug-likeness (QED) is 0.763. The van der Waals surface area contributed by atoms with Crippen molar-refractivity contribution in [1.29, 1.82) is 0 Å². The highest BCUT2D eigenvalue weighted by molar-refractivity contribution is 5.00. The maximum atomic E-state index is 10.8. The molecule has 1 aliphatic carbocycles. The highest BCUT2D eigenvalue weighted by atomic mass is 16.6. The lowest BCUT2D eigenvalue weighted by atomic mass is 9.74. The van der Waals surface area contributed by atoms with Crippen LogP contribution < -0.4 is 0 Å². The average Bonchev–Trinajstić information content (AvgIpc) is 2.88. The maximum absolute atomic E-state index is 10.8. The van der Waals surface area contributed by atoms with E-state index in [0.29, 0.717) is 11.8 Å². The molecule has 0 aromatic heterocycles. The van der Waals surface area contributed by atoms with Crippen LogP contribution in [0.4, 0.5) is 0 Å². The van der Waals surface area contributed by atoms with Gasteiger partial charge >= 0.3 is 0 Å². The highest BCUT2D eigenvalue weighted by Gasteiger charge is 2.49. The van der Waals surface area contributed by atoms with Crippen molar-refractivity contribution < 1.29 is 14.6 Å². The Kier molecular flexibility index (Phi) is 2.96. The number of rotatable bonds is 1. The summed E-state index contributed by atoms with van der Waals surface area (Å²) in [7, 11) is 0. The van der Waals surface area contributed by atoms with Gasteiger partial charge in [-0.3, -0.25) is 0 Å². The smallest absolute Gasteiger partial charge is 0.0940 e. The molecular formula is C14H24O3. The Morgan fingerprint density at radius 3 is 2.65 bits per heavy atom. The van der Waals surface area contributed by atoms with E-state index in [-0.39, 0.29) is 5.60 Å². The molecule has 0 aromatic rings. The first-order valence-corrected chi connectivity index (χ1v) is 7.06. The van der Waals surface area contributed by atoms with Gasteiger partial charge in [0.05, 0.1) is 17.8 Å². The van der Waals surface area contributed by atoms with E-state index in [9.17, 15) is 5.11 Å². The van der Waals surface area contributed by atoms with E-state index in [1.807, 2.05) is 0 Å². The normalized spacial score (nSPS) is 51.2. The predicted molar refractivity (Wildman–Crippen MR) is 64.8 cm³/mol. The summed E-state index contributed by atoms with van der Waals surface area (Å²) in [5.74, 6) is 1.10. The van der Waals surface area contributed by atoms with Crippen molar-refractivity contribution in [1.82, 2.24) is 0 Å². The van der Waals surface area contributed by atoms with E-state index < -0.39 is 5.60 Å². The van der Waals surface area contributed by atoms with Crippen molar-refractivity contribution in [2.75, 3.05) is 19.8 Å². The Morgan fingerprint density at radius 2 is 2.00 bits per heavy atom. The number of hydrogen-bond donors (Lipinski definition) is 1. The maximum Gasteiger partial charge on any atom is 0.0940 e. The fraction of sp³-hybridized carbons (Fsp3) is 1.00. The number of aliphatic hydroxyl groups is 1. The molecule has 4 atom stereocenters. The Bertz CT molecular complexity index is 285. The molecule has 3 aliphatic rings. The van der Waals surface area contributed by atoms with Gasteiger partial charge in [0.2, 0.25) is 0 Å². The second-order valence-electron chi connectivity index (χ2n) is 6.48. The van der Waals surface area contributed by atoms with Crippen molar-refractivity contribution in [3.63, 3.8) is 0 Å². The van der Waals surface area contributed by atoms with Gasteiger partial charge in [0.15, 0.2) is 0 Å². The highest BCUT2D eigenvalue weighted by Crippen LogP contribution is 2.47. The molecule has 2 aliphatic heterocycles. The fourth-order valence-corrected chi connectivity index (χ4v) is 4.02. The van der Waals surface area contributed by atoms with E-state index in [1.54, 1.807) is 0 Å². The summed E-state index contributed by atoms with van der Waals surface area (Å²) in [5, 5.41) is 10.8. The van der Waals surface area contributed by atoms with Gasteiger partial charge in [0.1, 0.15) is 0 Å². The van der Waals surface area contributed by atoms with Crippen molar-refractivity contribution in [2.24, 2.45) is 11.8 Å². The van der Waals surface area contributed by atoms with Crippen LogP contribution in [0, 0.1) is 11.8 Å². The molecule has 0 amide bonds. The number of hydrogen-bond acceptors (Lipinski definition) is 3. The van der Waals surface area contributed by atoms with E-state index in [2.05, 4.69) is 6.92 Å². The van der Waals surface area contributed by atoms with Gasteiger partial charge in [-0.25, -0.2) is 0 Å². The van der Waals surface area contributed by atoms with Gasteiger partial charge in [0, 0.05) is 19.6 Å².